The number of urea groups is 2. The molecule has 1 saturated carbocycles. The van der Waals surface area contributed by atoms with Crippen LogP contribution in [0.15, 0.2) is 48.2 Å². The summed E-state index contributed by atoms with van der Waals surface area (Å²) in [6, 6.07) is 6.98. The number of anilines is 2. The van der Waals surface area contributed by atoms with Crippen LogP contribution in [-0.2, 0) is 24.6 Å². The van der Waals surface area contributed by atoms with Crippen molar-refractivity contribution in [3.63, 3.8) is 0 Å². The first-order valence-corrected chi connectivity index (χ1v) is 19.9. The van der Waals surface area contributed by atoms with Crippen molar-refractivity contribution in [2.75, 3.05) is 49.1 Å². The molecule has 4 fully saturated rings. The third-order valence-corrected chi connectivity index (χ3v) is 12.3. The third kappa shape index (κ3) is 7.34. The van der Waals surface area contributed by atoms with Gasteiger partial charge in [0, 0.05) is 36.9 Å². The van der Waals surface area contributed by atoms with Crippen LogP contribution in [0.4, 0.5) is 21.0 Å². The van der Waals surface area contributed by atoms with Crippen LogP contribution in [0, 0.1) is 3.57 Å². The molecular formula is C32H37IN9O9PS. The predicted molar refractivity (Wildman–Crippen MR) is 202 cm³/mol. The number of carbonyl (C=O) groups is 5. The van der Waals surface area contributed by atoms with Crippen LogP contribution in [0.2, 0.25) is 0 Å². The van der Waals surface area contributed by atoms with Crippen LogP contribution in [-0.4, -0.2) is 115 Å². The van der Waals surface area contributed by atoms with Crippen LogP contribution in [0.1, 0.15) is 30.9 Å². The van der Waals surface area contributed by atoms with Gasteiger partial charge in [0.05, 0.1) is 40.2 Å². The third-order valence-electron chi connectivity index (χ3n) is 9.48. The molecule has 282 valence electrons. The number of β-lactam (4-membered cyclic amide) rings is 1. The lowest BCUT2D eigenvalue weighted by atomic mass is 9.95. The summed E-state index contributed by atoms with van der Waals surface area (Å²) in [7, 11) is -2.10. The van der Waals surface area contributed by atoms with E-state index >= 15 is 0 Å². The van der Waals surface area contributed by atoms with Gasteiger partial charge < -0.3 is 30.7 Å². The quantitative estimate of drug-likeness (QED) is 0.114. The summed E-state index contributed by atoms with van der Waals surface area (Å²) >= 11 is 2.27. The number of aliphatic hydroxyl groups excluding tert-OH is 1. The smallest absolute Gasteiger partial charge is 0.353 e. The second kappa shape index (κ2) is 14.5. The fourth-order valence-electron chi connectivity index (χ4n) is 6.60. The summed E-state index contributed by atoms with van der Waals surface area (Å²) in [6.45, 7) is 0.129. The molecule has 0 aromatic heterocycles. The van der Waals surface area contributed by atoms with Crippen molar-refractivity contribution in [1.29, 1.82) is 0 Å². The Morgan fingerprint density at radius 2 is 1.77 bits per heavy atom. The van der Waals surface area contributed by atoms with Crippen molar-refractivity contribution in [3.05, 3.63) is 57.3 Å². The molecule has 2 aromatic carbocycles. The Kier molecular flexibility index (Phi) is 10.2. The molecule has 3 saturated heterocycles. The average molecular weight is 882 g/mol. The van der Waals surface area contributed by atoms with Crippen LogP contribution in [0.3, 0.4) is 0 Å². The Morgan fingerprint density at radius 3 is 2.43 bits per heavy atom. The summed E-state index contributed by atoms with van der Waals surface area (Å²) < 4.78 is 34.4. The second-order valence-electron chi connectivity index (χ2n) is 13.2. The maximum atomic E-state index is 13.6. The number of aliphatic hydroxyl groups is 1. The van der Waals surface area contributed by atoms with E-state index in [0.29, 0.717) is 27.1 Å². The van der Waals surface area contributed by atoms with Gasteiger partial charge in [-0.1, -0.05) is 18.2 Å². The number of benzene rings is 2. The van der Waals surface area contributed by atoms with Gasteiger partial charge in [0.15, 0.2) is 6.61 Å². The monoisotopic (exact) mass is 881 g/mol. The number of hydrazine groups is 1. The van der Waals surface area contributed by atoms with Crippen molar-refractivity contribution in [2.24, 2.45) is 5.73 Å². The van der Waals surface area contributed by atoms with Gasteiger partial charge in [-0.3, -0.25) is 24.7 Å². The summed E-state index contributed by atoms with van der Waals surface area (Å²) in [4.78, 5) is 69.0. The topological polar surface area (TPSA) is 227 Å². The largest absolute Gasteiger partial charge is 0.484 e. The fourth-order valence-corrected chi connectivity index (χ4v) is 9.71. The zero-order valence-corrected chi connectivity index (χ0v) is 32.2. The highest BCUT2D eigenvalue weighted by molar-refractivity contribution is 14.1. The van der Waals surface area contributed by atoms with E-state index in [-0.39, 0.29) is 37.4 Å². The summed E-state index contributed by atoms with van der Waals surface area (Å²) in [6.07, 6.45) is 2.86. The lowest BCUT2D eigenvalue weighted by molar-refractivity contribution is -0.142. The number of halogens is 1. The van der Waals surface area contributed by atoms with Crippen LogP contribution in [0.25, 0.3) is 0 Å². The van der Waals surface area contributed by atoms with E-state index in [1.807, 2.05) is 11.0 Å². The minimum absolute atomic E-state index is 0.0347. The van der Waals surface area contributed by atoms with Crippen LogP contribution < -0.4 is 41.0 Å². The summed E-state index contributed by atoms with van der Waals surface area (Å²) in [5.41, 5.74) is 10.9. The van der Waals surface area contributed by atoms with Gasteiger partial charge in [0.25, 0.3) is 17.7 Å². The number of ether oxygens (including phenoxy) is 1. The van der Waals surface area contributed by atoms with Crippen LogP contribution >= 0.6 is 31.8 Å². The molecule has 3 unspecified atom stereocenters. The molecule has 18 nitrogen and oxygen atoms in total. The molecule has 0 radical (unpaired) electrons. The first-order valence-electron chi connectivity index (χ1n) is 16.8. The molecule has 6 N–H and O–H groups in total. The number of hydrogen-bond donors (Lipinski definition) is 5. The predicted octanol–water partition coefficient (Wildman–Crippen LogP) is -0.642. The Hall–Kier alpha value is -4.24. The molecule has 0 spiro atoms. The molecule has 2 aromatic rings. The number of para-hydroxylation sites is 1. The van der Waals surface area contributed by atoms with E-state index in [1.54, 1.807) is 41.3 Å². The van der Waals surface area contributed by atoms with Crippen molar-refractivity contribution in [2.45, 2.75) is 43.5 Å². The number of rotatable bonds is 10. The molecular weight excluding hydrogens is 844 g/mol. The number of imide groups is 1. The maximum Gasteiger partial charge on any atom is 0.353 e. The van der Waals surface area contributed by atoms with Gasteiger partial charge in [-0.25, -0.2) is 23.6 Å². The van der Waals surface area contributed by atoms with Crippen LogP contribution in [0.5, 0.6) is 5.75 Å². The zero-order chi connectivity index (χ0) is 37.8. The highest BCUT2D eigenvalue weighted by Crippen LogP contribution is 2.47. The number of likely N-dealkylation sites (tertiary alicyclic amines) is 1. The lowest BCUT2D eigenvalue weighted by Gasteiger charge is -2.36. The highest BCUT2D eigenvalue weighted by atomic mass is 127. The standard InChI is InChI=1S/C32H37IN9O9PS/c33-25-26-20(12-23(52)27(25)38-9-8-17(34)13-38)28(44)21(14-39(26)18-6-7-18)29(45)36-41-10-11-42(32(41)48)53(49,50)37-31(47)40-15-22(30(40)46)35-24(43)16-51-19-4-2-1-3-5-19/h1-5,12,14,17-18,22,28,44H,6-11,13,15-16,34,52H2,(H,35,43)(H,36,45)(H,37,47)/t17?,22-,28?/m0/s1. The minimum Gasteiger partial charge on any atom is -0.484 e. The van der Waals surface area contributed by atoms with Gasteiger partial charge in [-0.05, 0) is 65.4 Å². The number of fused-ring (bicyclic) bond motifs is 1. The van der Waals surface area contributed by atoms with Gasteiger partial charge in [0.1, 0.15) is 17.9 Å². The SMILES string of the molecule is NC1CCN(c2c(P)cc3c(c2I)N(C2CC2)C=C(C(=O)NN2CCN(S(=O)(=O)NC(=O)N4C[C@H](NC(=O)COc5ccccc5)C4=O)C2=O)C3O)C1. The van der Waals surface area contributed by atoms with E-state index < -0.39 is 58.7 Å². The Balaban J connectivity index is 0.961. The van der Waals surface area contributed by atoms with Gasteiger partial charge >= 0.3 is 22.3 Å². The second-order valence-corrected chi connectivity index (χ2v) is 16.5. The molecule has 0 bridgehead atoms. The van der Waals surface area contributed by atoms with Crippen molar-refractivity contribution >= 4 is 88.5 Å². The molecule has 7 amide bonds. The molecule has 4 heterocycles. The fraction of sp³-hybridized carbons (Fsp3) is 0.406. The summed E-state index contributed by atoms with van der Waals surface area (Å²) in [5, 5.41) is 15.5. The minimum atomic E-state index is -4.81. The Morgan fingerprint density at radius 1 is 1.04 bits per heavy atom. The molecule has 5 aliphatic rings. The van der Waals surface area contributed by atoms with Gasteiger partial charge in [-0.15, -0.1) is 9.24 Å². The van der Waals surface area contributed by atoms with Gasteiger partial charge in [0.2, 0.25) is 0 Å². The number of nitrogens with two attached hydrogens (primary N) is 1. The van der Waals surface area contributed by atoms with Crippen molar-refractivity contribution < 1.29 is 42.2 Å². The first kappa shape index (κ1) is 37.1. The number of nitrogens with zero attached hydrogens (tertiary/aromatic N) is 5. The van der Waals surface area contributed by atoms with E-state index in [1.165, 1.54) is 0 Å². The molecule has 53 heavy (non-hydrogen) atoms. The number of hydrogen-bond acceptors (Lipinski definition) is 12. The van der Waals surface area contributed by atoms with Gasteiger partial charge in [-0.2, -0.15) is 8.42 Å². The van der Waals surface area contributed by atoms with E-state index in [0.717, 1.165) is 51.1 Å². The summed E-state index contributed by atoms with van der Waals surface area (Å²) in [5.74, 6) is -1.84. The molecule has 7 rings (SSSR count). The number of amides is 7. The Labute approximate surface area is 320 Å². The molecule has 1 aliphatic carbocycles. The first-order chi connectivity index (χ1) is 25.2. The lowest BCUT2D eigenvalue weighted by Crippen LogP contribution is -2.68. The maximum absolute atomic E-state index is 13.6. The van der Waals surface area contributed by atoms with Crippen molar-refractivity contribution in [1.82, 2.24) is 29.7 Å². The van der Waals surface area contributed by atoms with E-state index in [2.05, 4.69) is 47.5 Å². The average Bonchev–Trinajstić information content (AvgIpc) is 3.77. The normalized spacial score (nSPS) is 22.7. The van der Waals surface area contributed by atoms with E-state index in [9.17, 15) is 37.5 Å². The number of carbonyl (C=O) groups excluding carboxylic acids is 5. The van der Waals surface area contributed by atoms with Crippen molar-refractivity contribution in [3.8, 4) is 5.75 Å². The number of nitrogens with one attached hydrogen (secondary N) is 3. The Bertz CT molecular complexity index is 2020. The zero-order valence-electron chi connectivity index (χ0n) is 28.1. The highest BCUT2D eigenvalue weighted by Gasteiger charge is 2.46. The molecule has 4 aliphatic heterocycles. The van der Waals surface area contributed by atoms with E-state index in [4.69, 9.17) is 10.5 Å². The molecule has 21 heteroatoms. The molecule has 4 atom stereocenters.